The Bertz CT molecular complexity index is 890. The molecule has 4 atom stereocenters. The molecule has 1 fully saturated rings. The van der Waals surface area contributed by atoms with Gasteiger partial charge in [-0.25, -0.2) is 0 Å². The van der Waals surface area contributed by atoms with Crippen LogP contribution in [0.3, 0.4) is 0 Å². The second kappa shape index (κ2) is 7.77. The minimum atomic E-state index is -0.344. The molecule has 4 unspecified atom stereocenters. The zero-order valence-electron chi connectivity index (χ0n) is 16.0. The van der Waals surface area contributed by atoms with Gasteiger partial charge in [-0.1, -0.05) is 0 Å². The monoisotopic (exact) mass is 433 g/mol. The fourth-order valence-corrected chi connectivity index (χ4v) is 6.83. The van der Waals surface area contributed by atoms with E-state index in [0.29, 0.717) is 17.2 Å². The first-order valence-corrected chi connectivity index (χ1v) is 11.7. The number of hydrogen-bond donors (Lipinski definition) is 3. The van der Waals surface area contributed by atoms with E-state index in [2.05, 4.69) is 16.0 Å². The van der Waals surface area contributed by atoms with Crippen LogP contribution < -0.4 is 25.4 Å². The number of nitrogens with one attached hydrogen (secondary N) is 3. The smallest absolute Gasteiger partial charge is 0.237 e. The minimum absolute atomic E-state index is 0.0649. The van der Waals surface area contributed by atoms with Crippen LogP contribution >= 0.6 is 23.5 Å². The Morgan fingerprint density at radius 2 is 2.10 bits per heavy atom. The molecule has 0 spiro atoms. The lowest BCUT2D eigenvalue weighted by Crippen LogP contribution is -2.58. The summed E-state index contributed by atoms with van der Waals surface area (Å²) in [6.07, 6.45) is 4.51. The van der Waals surface area contributed by atoms with Crippen LogP contribution in [0.5, 0.6) is 11.5 Å². The third kappa shape index (κ3) is 3.71. The van der Waals surface area contributed by atoms with Crippen molar-refractivity contribution >= 4 is 41.0 Å². The van der Waals surface area contributed by atoms with Crippen LogP contribution in [0.1, 0.15) is 32.6 Å². The highest BCUT2D eigenvalue weighted by atomic mass is 32.2. The number of benzene rings is 1. The Balaban J connectivity index is 1.19. The molecular weight excluding hydrogens is 410 g/mol. The maximum absolute atomic E-state index is 12.8. The summed E-state index contributed by atoms with van der Waals surface area (Å²) >= 11 is 3.22. The average molecular weight is 434 g/mol. The number of amides is 2. The van der Waals surface area contributed by atoms with E-state index in [1.165, 1.54) is 35.1 Å². The van der Waals surface area contributed by atoms with Crippen LogP contribution in [-0.4, -0.2) is 34.7 Å². The molecule has 3 heterocycles. The minimum Gasteiger partial charge on any atom is -0.454 e. The maximum atomic E-state index is 12.8. The zero-order chi connectivity index (χ0) is 20.0. The van der Waals surface area contributed by atoms with Gasteiger partial charge in [0, 0.05) is 11.8 Å². The summed E-state index contributed by atoms with van der Waals surface area (Å²) in [5.74, 6) is 1.20. The van der Waals surface area contributed by atoms with E-state index in [-0.39, 0.29) is 40.6 Å². The largest absolute Gasteiger partial charge is 0.454 e. The van der Waals surface area contributed by atoms with E-state index in [0.717, 1.165) is 12.8 Å². The van der Waals surface area contributed by atoms with Gasteiger partial charge in [0.25, 0.3) is 0 Å². The molecule has 1 aromatic carbocycles. The van der Waals surface area contributed by atoms with Gasteiger partial charge >= 0.3 is 0 Å². The first-order chi connectivity index (χ1) is 14.1. The second-order valence-corrected chi connectivity index (χ2v) is 10.2. The Morgan fingerprint density at radius 3 is 3.00 bits per heavy atom. The molecule has 154 valence electrons. The Morgan fingerprint density at radius 1 is 1.28 bits per heavy atom. The number of hydrogen-bond acceptors (Lipinski definition) is 7. The van der Waals surface area contributed by atoms with Crippen molar-refractivity contribution in [1.29, 1.82) is 0 Å². The number of carbonyl (C=O) groups excluding carboxylic acids is 2. The van der Waals surface area contributed by atoms with Crippen LogP contribution in [0.25, 0.3) is 0 Å². The number of thioether (sulfide) groups is 2. The average Bonchev–Trinajstić information content (AvgIpc) is 3.31. The standard InChI is InChI=1S/C20H23N3O4S2/c1-10(17(24)21-11-6-7-13-14(8-11)27-9-26-13)28-20-22-18(25)16-12-4-2-3-5-15(12)29-19(16)23-20/h6-8,10,16,19-20,23H,2-5,9H2,1H3,(H,21,24)(H,22,25). The molecule has 3 aliphatic heterocycles. The van der Waals surface area contributed by atoms with Crippen LogP contribution in [0.4, 0.5) is 5.69 Å². The molecule has 0 aromatic heterocycles. The van der Waals surface area contributed by atoms with Crippen LogP contribution in [0, 0.1) is 5.92 Å². The predicted molar refractivity (Wildman–Crippen MR) is 114 cm³/mol. The summed E-state index contributed by atoms with van der Waals surface area (Å²) in [7, 11) is 0. The lowest BCUT2D eigenvalue weighted by Gasteiger charge is -2.35. The number of carbonyl (C=O) groups is 2. The molecule has 0 bridgehead atoms. The first kappa shape index (κ1) is 19.1. The van der Waals surface area contributed by atoms with Gasteiger partial charge in [0.05, 0.1) is 16.5 Å². The fourth-order valence-electron chi connectivity index (χ4n) is 4.16. The summed E-state index contributed by atoms with van der Waals surface area (Å²) in [4.78, 5) is 26.8. The summed E-state index contributed by atoms with van der Waals surface area (Å²) in [5.41, 5.74) is 1.71. The molecule has 9 heteroatoms. The molecule has 4 aliphatic rings. The molecule has 0 radical (unpaired) electrons. The summed E-state index contributed by atoms with van der Waals surface area (Å²) in [5, 5.41) is 9.22. The Labute approximate surface area is 177 Å². The maximum Gasteiger partial charge on any atom is 0.237 e. The van der Waals surface area contributed by atoms with Crippen molar-refractivity contribution in [2.45, 2.75) is 48.7 Å². The molecule has 1 aliphatic carbocycles. The van der Waals surface area contributed by atoms with Crippen molar-refractivity contribution < 1.29 is 19.1 Å². The molecular formula is C20H23N3O4S2. The molecule has 1 saturated heterocycles. The number of rotatable bonds is 4. The number of anilines is 1. The van der Waals surface area contributed by atoms with E-state index in [1.807, 2.05) is 6.92 Å². The summed E-state index contributed by atoms with van der Waals surface area (Å²) in [6, 6.07) is 5.33. The normalized spacial score (nSPS) is 28.4. The van der Waals surface area contributed by atoms with Crippen molar-refractivity contribution in [1.82, 2.24) is 10.6 Å². The van der Waals surface area contributed by atoms with Crippen LogP contribution in [0.15, 0.2) is 28.7 Å². The molecule has 2 amide bonds. The Kier molecular flexibility index (Phi) is 5.13. The number of fused-ring (bicyclic) bond motifs is 3. The van der Waals surface area contributed by atoms with Crippen LogP contribution in [0.2, 0.25) is 0 Å². The fraction of sp³-hybridized carbons (Fsp3) is 0.500. The highest BCUT2D eigenvalue weighted by Crippen LogP contribution is 2.49. The Hall–Kier alpha value is -1.84. The van der Waals surface area contributed by atoms with Crippen LogP contribution in [-0.2, 0) is 9.59 Å². The van der Waals surface area contributed by atoms with Gasteiger partial charge in [0.2, 0.25) is 18.6 Å². The van der Waals surface area contributed by atoms with Gasteiger partial charge in [0.1, 0.15) is 5.50 Å². The first-order valence-electron chi connectivity index (χ1n) is 9.89. The van der Waals surface area contributed by atoms with Crippen molar-refractivity contribution in [2.75, 3.05) is 12.1 Å². The summed E-state index contributed by atoms with van der Waals surface area (Å²) < 4.78 is 10.6. The zero-order valence-corrected chi connectivity index (χ0v) is 17.7. The molecule has 3 N–H and O–H groups in total. The topological polar surface area (TPSA) is 88.7 Å². The highest BCUT2D eigenvalue weighted by molar-refractivity contribution is 8.04. The quantitative estimate of drug-likeness (QED) is 0.673. The van der Waals surface area contributed by atoms with E-state index >= 15 is 0 Å². The van der Waals surface area contributed by atoms with E-state index in [4.69, 9.17) is 9.47 Å². The molecule has 1 aromatic rings. The van der Waals surface area contributed by atoms with Gasteiger partial charge in [-0.05, 0) is 55.2 Å². The van der Waals surface area contributed by atoms with E-state index in [1.54, 1.807) is 30.0 Å². The summed E-state index contributed by atoms with van der Waals surface area (Å²) in [6.45, 7) is 2.04. The van der Waals surface area contributed by atoms with Gasteiger partial charge < -0.3 is 20.1 Å². The lowest BCUT2D eigenvalue weighted by atomic mass is 9.88. The lowest BCUT2D eigenvalue weighted by molar-refractivity contribution is -0.126. The molecule has 5 rings (SSSR count). The second-order valence-electron chi connectivity index (χ2n) is 7.56. The van der Waals surface area contributed by atoms with Gasteiger partial charge in [-0.3, -0.25) is 14.9 Å². The SMILES string of the molecule is CC(SC1NC(=O)C2C3=C(CCCC3)SC2N1)C(=O)Nc1ccc2c(c1)OCO2. The molecule has 7 nitrogen and oxygen atoms in total. The van der Waals surface area contributed by atoms with Crippen molar-refractivity contribution in [3.8, 4) is 11.5 Å². The molecule has 0 saturated carbocycles. The van der Waals surface area contributed by atoms with Gasteiger partial charge in [-0.15, -0.1) is 23.5 Å². The number of allylic oxidation sites excluding steroid dienone is 1. The third-order valence-corrected chi connectivity index (χ3v) is 8.19. The molecule has 29 heavy (non-hydrogen) atoms. The van der Waals surface area contributed by atoms with Crippen molar-refractivity contribution in [3.63, 3.8) is 0 Å². The third-order valence-electron chi connectivity index (χ3n) is 5.63. The van der Waals surface area contributed by atoms with Crippen molar-refractivity contribution in [3.05, 3.63) is 28.7 Å². The highest BCUT2D eigenvalue weighted by Gasteiger charge is 2.45. The van der Waals surface area contributed by atoms with Gasteiger partial charge in [0.15, 0.2) is 11.5 Å². The predicted octanol–water partition coefficient (Wildman–Crippen LogP) is 3.00. The van der Waals surface area contributed by atoms with E-state index < -0.39 is 0 Å². The van der Waals surface area contributed by atoms with Gasteiger partial charge in [-0.2, -0.15) is 0 Å². The van der Waals surface area contributed by atoms with E-state index in [9.17, 15) is 9.59 Å². The number of ether oxygens (including phenoxy) is 2. The van der Waals surface area contributed by atoms with Crippen molar-refractivity contribution in [2.24, 2.45) is 5.92 Å².